The number of amides is 3. The zero-order valence-electron chi connectivity index (χ0n) is 46.3. The number of aryl methyl sites for hydroxylation is 5. The van der Waals surface area contributed by atoms with Crippen molar-refractivity contribution < 1.29 is 24.3 Å². The molecular weight excluding hydrogens is 1130 g/mol. The van der Waals surface area contributed by atoms with Gasteiger partial charge in [0, 0.05) is 88.0 Å². The van der Waals surface area contributed by atoms with Crippen molar-refractivity contribution in [1.29, 1.82) is 0 Å². The maximum atomic E-state index is 13.0. The number of hydrogen-bond acceptors (Lipinski definition) is 13. The number of fused-ring (bicyclic) bond motifs is 1. The second kappa shape index (κ2) is 29.1. The molecule has 1 saturated carbocycles. The second-order valence-electron chi connectivity index (χ2n) is 19.5. The number of halogens is 2. The first-order valence-corrected chi connectivity index (χ1v) is 28.3. The Balaban J connectivity index is 0.000000218. The minimum absolute atomic E-state index is 0.0696. The molecular formula is C59H73Br2N13O5. The smallest absolute Gasteiger partial charge is 0.354 e. The second-order valence-corrected chi connectivity index (χ2v) is 21.2. The van der Waals surface area contributed by atoms with Gasteiger partial charge in [-0.1, -0.05) is 108 Å². The first-order chi connectivity index (χ1) is 37.8. The summed E-state index contributed by atoms with van der Waals surface area (Å²) in [7, 11) is 1.88. The first kappa shape index (κ1) is 60.9. The summed E-state index contributed by atoms with van der Waals surface area (Å²) in [6, 6.07) is 21.9. The third-order valence-electron chi connectivity index (χ3n) is 13.8. The number of carbonyl (C=O) groups is 4. The van der Waals surface area contributed by atoms with Crippen LogP contribution < -0.4 is 38.1 Å². The van der Waals surface area contributed by atoms with Gasteiger partial charge in [-0.05, 0) is 118 Å². The molecule has 1 fully saturated rings. The van der Waals surface area contributed by atoms with E-state index in [-0.39, 0.29) is 53.7 Å². The van der Waals surface area contributed by atoms with Crippen LogP contribution in [0.5, 0.6) is 0 Å². The van der Waals surface area contributed by atoms with Crippen LogP contribution in [0.15, 0.2) is 87.9 Å². The number of nitrogens with one attached hydrogen (secondary N) is 5. The SMILES string of the molecule is CCc1nc(N)c(C)c(NC(C)CC)c1CNC(=O)c1cccc(C(=O)NCc2ccc(C)c(Br)c2)n1.CCc1nc2c(cnn2C)c(NC2CCCCC2)c1CNC(=O)c1cccc(C(=O)O)n1.Cc1ccc(CN)cc1Br. The van der Waals surface area contributed by atoms with Crippen molar-refractivity contribution in [2.24, 2.45) is 12.8 Å². The van der Waals surface area contributed by atoms with Gasteiger partial charge in [-0.15, -0.1) is 0 Å². The van der Waals surface area contributed by atoms with E-state index in [1.165, 1.54) is 43.0 Å². The Kier molecular flexibility index (Phi) is 22.4. The molecule has 0 radical (unpaired) electrons. The Morgan fingerprint density at radius 3 is 1.73 bits per heavy atom. The van der Waals surface area contributed by atoms with E-state index in [4.69, 9.17) is 21.6 Å². The Labute approximate surface area is 479 Å². The Morgan fingerprint density at radius 2 is 1.20 bits per heavy atom. The molecule has 1 unspecified atom stereocenters. The maximum Gasteiger partial charge on any atom is 0.354 e. The molecule has 5 aromatic heterocycles. The van der Waals surface area contributed by atoms with Crippen LogP contribution in [0.4, 0.5) is 17.2 Å². The number of carboxylic acid groups (broad SMARTS) is 1. The monoisotopic (exact) mass is 1200 g/mol. The lowest BCUT2D eigenvalue weighted by Gasteiger charge is -2.26. The largest absolute Gasteiger partial charge is 0.477 e. The van der Waals surface area contributed by atoms with E-state index in [9.17, 15) is 19.2 Å². The molecule has 0 spiro atoms. The lowest BCUT2D eigenvalue weighted by atomic mass is 9.94. The standard InChI is InChI=1S/C28H35BrN6O2.C23H28N6O3.C8H10BrN/c1-6-17(4)33-25-18(5)26(30)35-22(7-2)20(25)15-32-28(37)24-10-8-9-23(34-24)27(36)31-14-19-12-11-16(3)21(29)13-19;1-3-17-15(12-24-22(30)18-10-7-11-19(27-18)23(31)32)20(26-14-8-5-4-6-9-14)16-13-25-29(2)21(16)28-17;1-6-2-3-7(5-10)4-8(6)9/h8-13,17H,6-7,14-15H2,1-5H3,(H,31,36)(H,32,37)(H3,30,33,35);7,10-11,13-14H,3-6,8-9,12H2,1-2H3,(H,24,30)(H,26,28)(H,31,32);2-4H,5,10H2,1H3. The first-order valence-electron chi connectivity index (χ1n) is 26.7. The molecule has 3 amide bonds. The average Bonchev–Trinajstić information content (AvgIpc) is 3.87. The average molecular weight is 1200 g/mol. The van der Waals surface area contributed by atoms with E-state index in [0.717, 1.165) is 95.4 Å². The van der Waals surface area contributed by atoms with Gasteiger partial charge in [-0.25, -0.2) is 24.7 Å². The van der Waals surface area contributed by atoms with Gasteiger partial charge in [0.15, 0.2) is 5.65 Å². The highest BCUT2D eigenvalue weighted by Gasteiger charge is 2.23. The summed E-state index contributed by atoms with van der Waals surface area (Å²) in [5, 5.41) is 30.4. The van der Waals surface area contributed by atoms with Gasteiger partial charge < -0.3 is 43.2 Å². The molecule has 1 aliphatic carbocycles. The van der Waals surface area contributed by atoms with E-state index in [0.29, 0.717) is 37.8 Å². The van der Waals surface area contributed by atoms with Gasteiger partial charge in [0.1, 0.15) is 28.6 Å². The van der Waals surface area contributed by atoms with Gasteiger partial charge in [-0.3, -0.25) is 19.1 Å². The fourth-order valence-electron chi connectivity index (χ4n) is 8.83. The molecule has 10 N–H and O–H groups in total. The molecule has 20 heteroatoms. The Hall–Kier alpha value is -7.29. The van der Waals surface area contributed by atoms with Gasteiger partial charge in [0.2, 0.25) is 0 Å². The van der Waals surface area contributed by atoms with Crippen molar-refractivity contribution in [3.8, 4) is 0 Å². The number of nitrogens with zero attached hydrogens (tertiary/aromatic N) is 6. The van der Waals surface area contributed by atoms with Crippen LogP contribution in [0.2, 0.25) is 0 Å². The molecule has 79 heavy (non-hydrogen) atoms. The number of aromatic carboxylic acids is 1. The van der Waals surface area contributed by atoms with Crippen LogP contribution in [0, 0.1) is 20.8 Å². The van der Waals surface area contributed by atoms with E-state index < -0.39 is 11.9 Å². The molecule has 5 heterocycles. The predicted molar refractivity (Wildman–Crippen MR) is 319 cm³/mol. The predicted octanol–water partition coefficient (Wildman–Crippen LogP) is 10.6. The van der Waals surface area contributed by atoms with Crippen LogP contribution in [-0.4, -0.2) is 70.6 Å². The highest BCUT2D eigenvalue weighted by molar-refractivity contribution is 9.10. The molecule has 0 aliphatic heterocycles. The zero-order valence-corrected chi connectivity index (χ0v) is 49.5. The lowest BCUT2D eigenvalue weighted by Crippen LogP contribution is -2.28. The Bertz CT molecular complexity index is 3290. The molecule has 2 aromatic carbocycles. The van der Waals surface area contributed by atoms with E-state index in [2.05, 4.69) is 111 Å². The number of hydrogen-bond donors (Lipinski definition) is 8. The van der Waals surface area contributed by atoms with Crippen molar-refractivity contribution in [3.05, 3.63) is 161 Å². The molecule has 1 atom stereocenters. The van der Waals surface area contributed by atoms with E-state index in [1.54, 1.807) is 22.9 Å². The zero-order chi connectivity index (χ0) is 57.3. The van der Waals surface area contributed by atoms with Crippen LogP contribution in [0.3, 0.4) is 0 Å². The van der Waals surface area contributed by atoms with Crippen LogP contribution in [-0.2, 0) is 46.1 Å². The molecule has 7 aromatic rings. The number of rotatable bonds is 18. The molecule has 1 aliphatic rings. The number of benzene rings is 2. The third-order valence-corrected chi connectivity index (χ3v) is 15.5. The number of carbonyl (C=O) groups excluding carboxylic acids is 3. The molecule has 0 saturated heterocycles. The molecule has 8 rings (SSSR count). The lowest BCUT2D eigenvalue weighted by molar-refractivity contribution is 0.0689. The van der Waals surface area contributed by atoms with Gasteiger partial charge in [0.05, 0.1) is 17.3 Å². The van der Waals surface area contributed by atoms with Crippen LogP contribution in [0.25, 0.3) is 11.0 Å². The van der Waals surface area contributed by atoms with Crippen LogP contribution in [0.1, 0.15) is 159 Å². The van der Waals surface area contributed by atoms with E-state index in [1.807, 2.05) is 65.2 Å². The molecule has 18 nitrogen and oxygen atoms in total. The highest BCUT2D eigenvalue weighted by atomic mass is 79.9. The van der Waals surface area contributed by atoms with Crippen molar-refractivity contribution in [1.82, 2.24) is 45.7 Å². The summed E-state index contributed by atoms with van der Waals surface area (Å²) >= 11 is 6.94. The van der Waals surface area contributed by atoms with Crippen molar-refractivity contribution in [2.45, 2.75) is 138 Å². The molecule has 418 valence electrons. The number of carboxylic acids is 1. The summed E-state index contributed by atoms with van der Waals surface area (Å²) in [6.45, 7) is 15.7. The highest BCUT2D eigenvalue weighted by Crippen LogP contribution is 2.33. The Morgan fingerprint density at radius 1 is 0.696 bits per heavy atom. The topological polar surface area (TPSA) is 270 Å². The van der Waals surface area contributed by atoms with Crippen molar-refractivity contribution in [2.75, 3.05) is 16.4 Å². The van der Waals surface area contributed by atoms with Crippen LogP contribution >= 0.6 is 31.9 Å². The van der Waals surface area contributed by atoms with Gasteiger partial charge >= 0.3 is 5.97 Å². The number of nitrogen functional groups attached to an aromatic ring is 1. The summed E-state index contributed by atoms with van der Waals surface area (Å²) in [5.74, 6) is -1.83. The summed E-state index contributed by atoms with van der Waals surface area (Å²) in [4.78, 5) is 67.2. The quantitative estimate of drug-likeness (QED) is 0.0397. The minimum Gasteiger partial charge on any atom is -0.477 e. The van der Waals surface area contributed by atoms with Crippen molar-refractivity contribution in [3.63, 3.8) is 0 Å². The van der Waals surface area contributed by atoms with Gasteiger partial charge in [0.25, 0.3) is 17.7 Å². The third kappa shape index (κ3) is 16.4. The summed E-state index contributed by atoms with van der Waals surface area (Å²) in [6.07, 6.45) is 10.0. The summed E-state index contributed by atoms with van der Waals surface area (Å²) < 4.78 is 3.89. The number of aromatic nitrogens is 6. The fourth-order valence-corrected chi connectivity index (χ4v) is 9.68. The van der Waals surface area contributed by atoms with Crippen molar-refractivity contribution >= 4 is 83.8 Å². The van der Waals surface area contributed by atoms with E-state index >= 15 is 0 Å². The number of nitrogens with two attached hydrogens (primary N) is 2. The minimum atomic E-state index is -1.17. The number of pyridine rings is 4. The van der Waals surface area contributed by atoms with Gasteiger partial charge in [-0.2, -0.15) is 5.10 Å². The summed E-state index contributed by atoms with van der Waals surface area (Å²) in [5.41, 5.74) is 23.5. The fraction of sp³-hybridized carbons (Fsp3) is 0.373. The normalized spacial score (nSPS) is 12.5. The number of anilines is 3. The molecule has 0 bridgehead atoms. The maximum absolute atomic E-state index is 13.0.